The molecule has 1 fully saturated rings. The number of ether oxygens (including phenoxy) is 1. The van der Waals surface area contributed by atoms with E-state index in [2.05, 4.69) is 10.2 Å². The number of carbonyl (C=O) groups is 1. The number of carbonyl (C=O) groups excluding carboxylic acids is 1. The molecule has 1 heterocycles. The summed E-state index contributed by atoms with van der Waals surface area (Å²) in [5.41, 5.74) is 1.52. The van der Waals surface area contributed by atoms with Gasteiger partial charge in [-0.25, -0.2) is 4.79 Å². The van der Waals surface area contributed by atoms with E-state index in [1.807, 2.05) is 12.1 Å². The predicted molar refractivity (Wildman–Crippen MR) is 70.9 cm³/mol. The van der Waals surface area contributed by atoms with E-state index in [4.69, 9.17) is 16.3 Å². The average molecular weight is 269 g/mol. The molecule has 1 saturated heterocycles. The van der Waals surface area contributed by atoms with Crippen molar-refractivity contribution < 1.29 is 9.53 Å². The summed E-state index contributed by atoms with van der Waals surface area (Å²) in [5, 5.41) is 3.86. The summed E-state index contributed by atoms with van der Waals surface area (Å²) in [4.78, 5) is 14.0. The minimum atomic E-state index is -0.331. The highest BCUT2D eigenvalue weighted by Gasteiger charge is 2.16. The van der Waals surface area contributed by atoms with E-state index in [-0.39, 0.29) is 5.97 Å². The molecule has 2 rings (SSSR count). The smallest absolute Gasteiger partial charge is 0.338 e. The van der Waals surface area contributed by atoms with Gasteiger partial charge in [-0.05, 0) is 17.7 Å². The third kappa shape index (κ3) is 3.22. The molecule has 1 aliphatic heterocycles. The topological polar surface area (TPSA) is 41.6 Å². The van der Waals surface area contributed by atoms with E-state index in [1.54, 1.807) is 6.07 Å². The fraction of sp³-hybridized carbons (Fsp3) is 0.462. The van der Waals surface area contributed by atoms with Crippen LogP contribution in [0.4, 0.5) is 0 Å². The zero-order chi connectivity index (χ0) is 13.0. The van der Waals surface area contributed by atoms with Crippen molar-refractivity contribution in [1.29, 1.82) is 0 Å². The van der Waals surface area contributed by atoms with Crippen molar-refractivity contribution in [2.24, 2.45) is 0 Å². The van der Waals surface area contributed by atoms with Crippen LogP contribution in [0.3, 0.4) is 0 Å². The number of hydrogen-bond donors (Lipinski definition) is 1. The van der Waals surface area contributed by atoms with Crippen LogP contribution in [0.5, 0.6) is 0 Å². The number of halogens is 1. The molecule has 0 amide bonds. The van der Waals surface area contributed by atoms with Crippen LogP contribution in [-0.2, 0) is 11.3 Å². The lowest BCUT2D eigenvalue weighted by Crippen LogP contribution is -2.43. The largest absolute Gasteiger partial charge is 0.465 e. The van der Waals surface area contributed by atoms with Gasteiger partial charge in [0.1, 0.15) is 0 Å². The molecule has 5 heteroatoms. The van der Waals surface area contributed by atoms with Crippen LogP contribution in [0.15, 0.2) is 18.2 Å². The van der Waals surface area contributed by atoms with Crippen LogP contribution < -0.4 is 5.32 Å². The fourth-order valence-corrected chi connectivity index (χ4v) is 2.27. The summed E-state index contributed by atoms with van der Waals surface area (Å²) in [6.07, 6.45) is 0. The maximum Gasteiger partial charge on any atom is 0.338 e. The Morgan fingerprint density at radius 1 is 1.44 bits per heavy atom. The number of esters is 1. The summed E-state index contributed by atoms with van der Waals surface area (Å²) in [6, 6.07) is 5.38. The van der Waals surface area contributed by atoms with Crippen LogP contribution in [0.1, 0.15) is 15.9 Å². The second kappa shape index (κ2) is 6.18. The number of rotatable bonds is 3. The fourth-order valence-electron chi connectivity index (χ4n) is 2.10. The van der Waals surface area contributed by atoms with Gasteiger partial charge in [0.05, 0.1) is 12.7 Å². The first-order chi connectivity index (χ1) is 8.70. The Labute approximate surface area is 112 Å². The third-order valence-electron chi connectivity index (χ3n) is 3.08. The number of piperazine rings is 1. The number of nitrogens with one attached hydrogen (secondary N) is 1. The van der Waals surface area contributed by atoms with Crippen molar-refractivity contribution >= 4 is 17.6 Å². The van der Waals surface area contributed by atoms with Gasteiger partial charge in [0.2, 0.25) is 0 Å². The molecule has 1 aliphatic rings. The molecule has 1 aromatic rings. The molecular weight excluding hydrogens is 252 g/mol. The molecule has 4 nitrogen and oxygen atoms in total. The Bertz CT molecular complexity index is 431. The standard InChI is InChI=1S/C13H17ClN2O2/c1-18-13(17)12-8-11(14)3-2-10(12)9-16-6-4-15-5-7-16/h2-3,8,15H,4-7,9H2,1H3. The number of methoxy groups -OCH3 is 1. The number of hydrogen-bond acceptors (Lipinski definition) is 4. The Hall–Kier alpha value is -1.10. The highest BCUT2D eigenvalue weighted by Crippen LogP contribution is 2.19. The summed E-state index contributed by atoms with van der Waals surface area (Å²) in [5.74, 6) is -0.331. The predicted octanol–water partition coefficient (Wildman–Crippen LogP) is 1.53. The molecule has 0 unspecified atom stereocenters. The summed E-state index contributed by atoms with van der Waals surface area (Å²) in [7, 11) is 1.39. The minimum absolute atomic E-state index is 0.331. The van der Waals surface area contributed by atoms with Crippen LogP contribution in [0.25, 0.3) is 0 Å². The summed E-state index contributed by atoms with van der Waals surface area (Å²) in [6.45, 7) is 4.71. The van der Waals surface area contributed by atoms with Gasteiger partial charge in [0.15, 0.2) is 0 Å². The quantitative estimate of drug-likeness (QED) is 0.845. The Morgan fingerprint density at radius 3 is 2.83 bits per heavy atom. The minimum Gasteiger partial charge on any atom is -0.465 e. The Balaban J connectivity index is 2.17. The first-order valence-corrected chi connectivity index (χ1v) is 6.38. The molecule has 1 aromatic carbocycles. The van der Waals surface area contributed by atoms with Gasteiger partial charge in [0, 0.05) is 37.7 Å². The first kappa shape index (κ1) is 13.3. The summed E-state index contributed by atoms with van der Waals surface area (Å²) >= 11 is 5.93. The molecule has 98 valence electrons. The normalized spacial score (nSPS) is 16.6. The third-order valence-corrected chi connectivity index (χ3v) is 3.32. The number of benzene rings is 1. The van der Waals surface area contributed by atoms with Crippen LogP contribution in [-0.4, -0.2) is 44.2 Å². The van der Waals surface area contributed by atoms with E-state index >= 15 is 0 Å². The average Bonchev–Trinajstić information content (AvgIpc) is 2.41. The lowest BCUT2D eigenvalue weighted by molar-refractivity contribution is 0.0598. The van der Waals surface area contributed by atoms with E-state index in [1.165, 1.54) is 7.11 Å². The Kier molecular flexibility index (Phi) is 4.58. The van der Waals surface area contributed by atoms with E-state index < -0.39 is 0 Å². The second-order valence-corrected chi connectivity index (χ2v) is 4.76. The van der Waals surface area contributed by atoms with E-state index in [9.17, 15) is 4.79 Å². The van der Waals surface area contributed by atoms with Gasteiger partial charge in [-0.3, -0.25) is 4.90 Å². The van der Waals surface area contributed by atoms with Crippen LogP contribution in [0, 0.1) is 0 Å². The van der Waals surface area contributed by atoms with Gasteiger partial charge in [-0.15, -0.1) is 0 Å². The maximum atomic E-state index is 11.7. The van der Waals surface area contributed by atoms with Crippen molar-refractivity contribution in [1.82, 2.24) is 10.2 Å². The molecule has 0 spiro atoms. The molecule has 0 saturated carbocycles. The molecule has 0 atom stereocenters. The molecule has 18 heavy (non-hydrogen) atoms. The SMILES string of the molecule is COC(=O)c1cc(Cl)ccc1CN1CCNCC1. The molecule has 0 aromatic heterocycles. The lowest BCUT2D eigenvalue weighted by Gasteiger charge is -2.27. The summed E-state index contributed by atoms with van der Waals surface area (Å²) < 4.78 is 4.79. The molecule has 0 aliphatic carbocycles. The van der Waals surface area contributed by atoms with Crippen LogP contribution >= 0.6 is 11.6 Å². The van der Waals surface area contributed by atoms with Crippen molar-refractivity contribution in [2.75, 3.05) is 33.3 Å². The maximum absolute atomic E-state index is 11.7. The highest BCUT2D eigenvalue weighted by atomic mass is 35.5. The zero-order valence-electron chi connectivity index (χ0n) is 10.4. The van der Waals surface area contributed by atoms with Gasteiger partial charge in [0.25, 0.3) is 0 Å². The first-order valence-electron chi connectivity index (χ1n) is 6.00. The van der Waals surface area contributed by atoms with Crippen molar-refractivity contribution in [3.05, 3.63) is 34.3 Å². The van der Waals surface area contributed by atoms with Gasteiger partial charge >= 0.3 is 5.97 Å². The Morgan fingerprint density at radius 2 is 2.17 bits per heavy atom. The molecule has 1 N–H and O–H groups in total. The number of nitrogens with zero attached hydrogens (tertiary/aromatic N) is 1. The molecular formula is C13H17ClN2O2. The monoisotopic (exact) mass is 268 g/mol. The zero-order valence-corrected chi connectivity index (χ0v) is 11.2. The van der Waals surface area contributed by atoms with Gasteiger partial charge in [-0.1, -0.05) is 17.7 Å². The van der Waals surface area contributed by atoms with Crippen molar-refractivity contribution in [3.63, 3.8) is 0 Å². The van der Waals surface area contributed by atoms with E-state index in [0.717, 1.165) is 38.3 Å². The van der Waals surface area contributed by atoms with Crippen molar-refractivity contribution in [2.45, 2.75) is 6.54 Å². The lowest BCUT2D eigenvalue weighted by atomic mass is 10.1. The van der Waals surface area contributed by atoms with Gasteiger partial charge in [-0.2, -0.15) is 0 Å². The van der Waals surface area contributed by atoms with E-state index in [0.29, 0.717) is 10.6 Å². The van der Waals surface area contributed by atoms with Gasteiger partial charge < -0.3 is 10.1 Å². The second-order valence-electron chi connectivity index (χ2n) is 4.32. The van der Waals surface area contributed by atoms with Crippen LogP contribution in [0.2, 0.25) is 5.02 Å². The molecule has 0 bridgehead atoms. The van der Waals surface area contributed by atoms with Crippen molar-refractivity contribution in [3.8, 4) is 0 Å². The highest BCUT2D eigenvalue weighted by molar-refractivity contribution is 6.31. The molecule has 0 radical (unpaired) electrons.